The molecule has 1 aromatic carbocycles. The van der Waals surface area contributed by atoms with Gasteiger partial charge in [0.2, 0.25) is 10.0 Å². The summed E-state index contributed by atoms with van der Waals surface area (Å²) in [4.78, 5) is 0.132. The van der Waals surface area contributed by atoms with Crippen molar-refractivity contribution in [3.63, 3.8) is 0 Å². The quantitative estimate of drug-likeness (QED) is 0.797. The summed E-state index contributed by atoms with van der Waals surface area (Å²) in [6, 6.07) is 8.42. The van der Waals surface area contributed by atoms with E-state index in [0.717, 1.165) is 17.5 Å². The van der Waals surface area contributed by atoms with Gasteiger partial charge in [-0.3, -0.25) is 0 Å². The largest absolute Gasteiger partial charge is 0.465 e. The van der Waals surface area contributed by atoms with E-state index in [0.29, 0.717) is 16.8 Å². The summed E-state index contributed by atoms with van der Waals surface area (Å²) < 4.78 is 40.5. The number of aromatic nitrogens is 2. The normalized spacial score (nSPS) is 12.1. The van der Waals surface area contributed by atoms with Gasteiger partial charge in [-0.2, -0.15) is 8.75 Å². The van der Waals surface area contributed by atoms with Gasteiger partial charge < -0.3 is 4.42 Å². The molecule has 0 amide bonds. The van der Waals surface area contributed by atoms with Crippen molar-refractivity contribution >= 4 is 32.8 Å². The van der Waals surface area contributed by atoms with Gasteiger partial charge in [-0.15, -0.1) is 0 Å². The summed E-state index contributed by atoms with van der Waals surface area (Å²) in [7, 11) is -3.65. The van der Waals surface area contributed by atoms with Crippen LogP contribution in [-0.2, 0) is 16.6 Å². The number of aryl methyl sites for hydroxylation is 1. The second-order valence-corrected chi connectivity index (χ2v) is 6.49. The lowest BCUT2D eigenvalue weighted by Crippen LogP contribution is -2.23. The number of hydrogen-bond acceptors (Lipinski definition) is 6. The first-order valence-corrected chi connectivity index (χ1v) is 8.04. The molecule has 6 nitrogen and oxygen atoms in total. The van der Waals surface area contributed by atoms with Crippen molar-refractivity contribution in [3.8, 4) is 0 Å². The Morgan fingerprint density at radius 1 is 1.25 bits per heavy atom. The number of fused-ring (bicyclic) bond motifs is 1. The standard InChI is InChI=1S/C12H11N3O3S2/c1-8-5-6-9(18-8)7-13-20(16,17)11-4-2-3-10-12(11)15-19-14-10/h2-6,13H,7H2,1H3. The summed E-state index contributed by atoms with van der Waals surface area (Å²) in [6.45, 7) is 1.91. The van der Waals surface area contributed by atoms with Gasteiger partial charge in [0.05, 0.1) is 18.3 Å². The van der Waals surface area contributed by atoms with E-state index in [1.807, 2.05) is 0 Å². The van der Waals surface area contributed by atoms with Gasteiger partial charge in [0, 0.05) is 0 Å². The summed E-state index contributed by atoms with van der Waals surface area (Å²) >= 11 is 0.990. The van der Waals surface area contributed by atoms with Crippen LogP contribution < -0.4 is 4.72 Å². The second kappa shape index (κ2) is 4.97. The smallest absolute Gasteiger partial charge is 0.243 e. The molecular weight excluding hydrogens is 298 g/mol. The van der Waals surface area contributed by atoms with Gasteiger partial charge in [0.1, 0.15) is 27.4 Å². The molecule has 20 heavy (non-hydrogen) atoms. The highest BCUT2D eigenvalue weighted by Gasteiger charge is 2.19. The summed E-state index contributed by atoms with van der Waals surface area (Å²) in [5.41, 5.74) is 0.965. The fraction of sp³-hybridized carbons (Fsp3) is 0.167. The van der Waals surface area contributed by atoms with E-state index in [9.17, 15) is 8.42 Å². The van der Waals surface area contributed by atoms with Crippen molar-refractivity contribution in [1.82, 2.24) is 13.5 Å². The Hall–Kier alpha value is -1.77. The number of benzene rings is 1. The Labute approximate surface area is 119 Å². The van der Waals surface area contributed by atoms with E-state index < -0.39 is 10.0 Å². The van der Waals surface area contributed by atoms with Crippen molar-refractivity contribution in [3.05, 3.63) is 41.9 Å². The molecule has 3 aromatic rings. The van der Waals surface area contributed by atoms with Gasteiger partial charge in [-0.1, -0.05) is 6.07 Å². The fourth-order valence-electron chi connectivity index (χ4n) is 1.82. The molecule has 0 atom stereocenters. The maximum Gasteiger partial charge on any atom is 0.243 e. The Morgan fingerprint density at radius 3 is 2.85 bits per heavy atom. The Balaban J connectivity index is 1.90. The molecule has 2 aromatic heterocycles. The first-order chi connectivity index (χ1) is 9.56. The average Bonchev–Trinajstić information content (AvgIpc) is 3.04. The molecule has 0 fully saturated rings. The second-order valence-electron chi connectivity index (χ2n) is 4.23. The summed E-state index contributed by atoms with van der Waals surface area (Å²) in [5, 5.41) is 0. The number of nitrogens with one attached hydrogen (secondary N) is 1. The molecule has 2 heterocycles. The van der Waals surface area contributed by atoms with Crippen LogP contribution in [0.3, 0.4) is 0 Å². The monoisotopic (exact) mass is 309 g/mol. The third-order valence-corrected chi connectivity index (χ3v) is 4.75. The molecule has 0 aliphatic rings. The lowest BCUT2D eigenvalue weighted by molar-refractivity contribution is 0.475. The molecule has 8 heteroatoms. The maximum atomic E-state index is 12.3. The van der Waals surface area contributed by atoms with Crippen molar-refractivity contribution in [2.75, 3.05) is 0 Å². The van der Waals surface area contributed by atoms with E-state index in [1.54, 1.807) is 31.2 Å². The van der Waals surface area contributed by atoms with Gasteiger partial charge in [-0.25, -0.2) is 13.1 Å². The predicted octanol–water partition coefficient (Wildman–Crippen LogP) is 2.07. The zero-order valence-electron chi connectivity index (χ0n) is 10.5. The van der Waals surface area contributed by atoms with Crippen LogP contribution in [0, 0.1) is 6.92 Å². The van der Waals surface area contributed by atoms with E-state index in [4.69, 9.17) is 4.42 Å². The van der Waals surface area contributed by atoms with Crippen LogP contribution in [0.1, 0.15) is 11.5 Å². The number of nitrogens with zero attached hydrogens (tertiary/aromatic N) is 2. The lowest BCUT2D eigenvalue weighted by Gasteiger charge is -2.05. The first-order valence-electron chi connectivity index (χ1n) is 5.82. The van der Waals surface area contributed by atoms with Gasteiger partial charge in [-0.05, 0) is 31.2 Å². The summed E-state index contributed by atoms with van der Waals surface area (Å²) in [5.74, 6) is 1.31. The number of furan rings is 1. The summed E-state index contributed by atoms with van der Waals surface area (Å²) in [6.07, 6.45) is 0. The number of hydrogen-bond donors (Lipinski definition) is 1. The minimum Gasteiger partial charge on any atom is -0.465 e. The molecule has 0 saturated heterocycles. The molecule has 0 radical (unpaired) electrons. The van der Waals surface area contributed by atoms with Crippen LogP contribution in [-0.4, -0.2) is 17.2 Å². The van der Waals surface area contributed by atoms with Crippen LogP contribution in [0.4, 0.5) is 0 Å². The maximum absolute atomic E-state index is 12.3. The van der Waals surface area contributed by atoms with Crippen LogP contribution in [0.2, 0.25) is 0 Å². The SMILES string of the molecule is Cc1ccc(CNS(=O)(=O)c2cccc3nsnc23)o1. The predicted molar refractivity (Wildman–Crippen MR) is 74.9 cm³/mol. The minimum absolute atomic E-state index is 0.101. The zero-order chi connectivity index (χ0) is 14.2. The highest BCUT2D eigenvalue weighted by molar-refractivity contribution is 7.89. The van der Waals surface area contributed by atoms with Crippen LogP contribution in [0.5, 0.6) is 0 Å². The molecule has 0 saturated carbocycles. The topological polar surface area (TPSA) is 85.1 Å². The molecular formula is C12H11N3O3S2. The van der Waals surface area contributed by atoms with Crippen LogP contribution >= 0.6 is 11.7 Å². The van der Waals surface area contributed by atoms with E-state index in [2.05, 4.69) is 13.5 Å². The Bertz CT molecular complexity index is 852. The fourth-order valence-corrected chi connectivity index (χ4v) is 3.58. The van der Waals surface area contributed by atoms with Gasteiger partial charge in [0.25, 0.3) is 0 Å². The molecule has 0 aliphatic heterocycles. The Kier molecular flexibility index (Phi) is 3.28. The van der Waals surface area contributed by atoms with E-state index in [-0.39, 0.29) is 11.4 Å². The Morgan fingerprint density at radius 2 is 2.10 bits per heavy atom. The number of rotatable bonds is 4. The molecule has 0 spiro atoms. The van der Waals surface area contributed by atoms with Crippen molar-refractivity contribution in [2.45, 2.75) is 18.4 Å². The average molecular weight is 309 g/mol. The van der Waals surface area contributed by atoms with Gasteiger partial charge in [0.15, 0.2) is 0 Å². The first kappa shape index (κ1) is 13.2. The molecule has 0 unspecified atom stereocenters. The van der Waals surface area contributed by atoms with Crippen molar-refractivity contribution < 1.29 is 12.8 Å². The highest BCUT2D eigenvalue weighted by atomic mass is 32.2. The molecule has 0 aliphatic carbocycles. The number of sulfonamides is 1. The third-order valence-electron chi connectivity index (χ3n) is 2.77. The minimum atomic E-state index is -3.65. The van der Waals surface area contributed by atoms with E-state index >= 15 is 0 Å². The van der Waals surface area contributed by atoms with Crippen molar-refractivity contribution in [1.29, 1.82) is 0 Å². The van der Waals surface area contributed by atoms with Crippen molar-refractivity contribution in [2.24, 2.45) is 0 Å². The van der Waals surface area contributed by atoms with Crippen LogP contribution in [0.15, 0.2) is 39.6 Å². The van der Waals surface area contributed by atoms with E-state index in [1.165, 1.54) is 6.07 Å². The van der Waals surface area contributed by atoms with Gasteiger partial charge >= 0.3 is 0 Å². The molecule has 0 bridgehead atoms. The third kappa shape index (κ3) is 2.45. The highest BCUT2D eigenvalue weighted by Crippen LogP contribution is 2.21. The molecule has 104 valence electrons. The molecule has 1 N–H and O–H groups in total. The zero-order valence-corrected chi connectivity index (χ0v) is 12.2. The van der Waals surface area contributed by atoms with Crippen LogP contribution in [0.25, 0.3) is 11.0 Å². The molecule has 3 rings (SSSR count). The lowest BCUT2D eigenvalue weighted by atomic mass is 10.3.